The van der Waals surface area contributed by atoms with Gasteiger partial charge in [-0.15, -0.1) is 0 Å². The number of hydrogen-bond donors (Lipinski definition) is 1. The standard InChI is InChI=1S/C17H12BrN3O3S2/c18-12-3-5-13(6-4-12)19-10-20-16(22)15(26-17(20)25)9-11-1-7-14(8-2-11)21(23)24/h1-9,19H,10H2/b15-9-. The maximum atomic E-state index is 12.6. The third-order valence-electron chi connectivity index (χ3n) is 3.56. The van der Waals surface area contributed by atoms with Gasteiger partial charge in [0.25, 0.3) is 11.6 Å². The number of non-ortho nitro benzene ring substituents is 1. The van der Waals surface area contributed by atoms with Crippen LogP contribution in [0.25, 0.3) is 6.08 Å². The second-order valence-electron chi connectivity index (χ2n) is 5.30. The van der Waals surface area contributed by atoms with Crippen LogP contribution in [0.15, 0.2) is 57.9 Å². The number of nitrogens with zero attached hydrogens (tertiary/aromatic N) is 2. The highest BCUT2D eigenvalue weighted by atomic mass is 79.9. The van der Waals surface area contributed by atoms with Crippen molar-refractivity contribution < 1.29 is 9.72 Å². The molecule has 6 nitrogen and oxygen atoms in total. The van der Waals surface area contributed by atoms with Crippen molar-refractivity contribution in [3.63, 3.8) is 0 Å². The summed E-state index contributed by atoms with van der Waals surface area (Å²) in [4.78, 5) is 24.8. The minimum atomic E-state index is -0.461. The number of benzene rings is 2. The average molecular weight is 450 g/mol. The van der Waals surface area contributed by atoms with Gasteiger partial charge in [0.05, 0.1) is 16.5 Å². The zero-order valence-electron chi connectivity index (χ0n) is 13.2. The Kier molecular flexibility index (Phi) is 5.70. The zero-order chi connectivity index (χ0) is 18.7. The van der Waals surface area contributed by atoms with Crippen LogP contribution in [0.2, 0.25) is 0 Å². The van der Waals surface area contributed by atoms with Gasteiger partial charge in [-0.2, -0.15) is 0 Å². The Bertz CT molecular complexity index is 898. The lowest BCUT2D eigenvalue weighted by Gasteiger charge is -2.16. The number of hydrogen-bond acceptors (Lipinski definition) is 6. The van der Waals surface area contributed by atoms with Crippen LogP contribution in [0.3, 0.4) is 0 Å². The Hall–Kier alpha value is -2.23. The number of nitro groups is 1. The molecule has 2 aromatic carbocycles. The van der Waals surface area contributed by atoms with Gasteiger partial charge in [-0.3, -0.25) is 19.8 Å². The molecule has 1 N–H and O–H groups in total. The number of thioether (sulfide) groups is 1. The van der Waals surface area contributed by atoms with Gasteiger partial charge in [0.2, 0.25) is 0 Å². The predicted octanol–water partition coefficient (Wildman–Crippen LogP) is 4.63. The summed E-state index contributed by atoms with van der Waals surface area (Å²) >= 11 is 9.88. The molecule has 3 rings (SSSR count). The third-order valence-corrected chi connectivity index (χ3v) is 5.47. The molecule has 9 heteroatoms. The van der Waals surface area contributed by atoms with E-state index >= 15 is 0 Å². The number of thiocarbonyl (C=S) groups is 1. The molecule has 1 aliphatic rings. The lowest BCUT2D eigenvalue weighted by molar-refractivity contribution is -0.384. The van der Waals surface area contributed by atoms with E-state index in [2.05, 4.69) is 21.2 Å². The molecule has 1 heterocycles. The number of rotatable bonds is 5. The van der Waals surface area contributed by atoms with Gasteiger partial charge in [-0.25, -0.2) is 0 Å². The van der Waals surface area contributed by atoms with Gasteiger partial charge in [0.15, 0.2) is 0 Å². The lowest BCUT2D eigenvalue weighted by Crippen LogP contribution is -2.33. The van der Waals surface area contributed by atoms with E-state index in [1.165, 1.54) is 28.8 Å². The first-order valence-electron chi connectivity index (χ1n) is 7.43. The quantitative estimate of drug-likeness (QED) is 0.310. The van der Waals surface area contributed by atoms with Crippen LogP contribution in [0.1, 0.15) is 5.56 Å². The summed E-state index contributed by atoms with van der Waals surface area (Å²) in [5.41, 5.74) is 1.59. The number of nitrogens with one attached hydrogen (secondary N) is 1. The fourth-order valence-electron chi connectivity index (χ4n) is 2.22. The third kappa shape index (κ3) is 4.29. The largest absolute Gasteiger partial charge is 0.367 e. The first kappa shape index (κ1) is 18.6. The van der Waals surface area contributed by atoms with Gasteiger partial charge in [-0.1, -0.05) is 39.9 Å². The van der Waals surface area contributed by atoms with E-state index in [1.54, 1.807) is 18.2 Å². The molecule has 132 valence electrons. The summed E-state index contributed by atoms with van der Waals surface area (Å²) in [6, 6.07) is 13.6. The number of carbonyl (C=O) groups excluding carboxylic acids is 1. The Labute approximate surface area is 167 Å². The van der Waals surface area contributed by atoms with Crippen LogP contribution in [-0.4, -0.2) is 26.7 Å². The van der Waals surface area contributed by atoms with Crippen LogP contribution in [-0.2, 0) is 4.79 Å². The van der Waals surface area contributed by atoms with Gasteiger partial charge in [0.1, 0.15) is 4.32 Å². The summed E-state index contributed by atoms with van der Waals surface area (Å²) < 4.78 is 1.44. The van der Waals surface area contributed by atoms with Crippen molar-refractivity contribution in [3.8, 4) is 0 Å². The summed E-state index contributed by atoms with van der Waals surface area (Å²) in [5.74, 6) is -0.192. The number of carbonyl (C=O) groups is 1. The van der Waals surface area contributed by atoms with Gasteiger partial charge < -0.3 is 5.32 Å². The SMILES string of the molecule is O=C1/C(=C/c2ccc([N+](=O)[O-])cc2)SC(=S)N1CNc1ccc(Br)cc1. The van der Waals surface area contributed by atoms with Crippen molar-refractivity contribution in [2.24, 2.45) is 0 Å². The Morgan fingerprint density at radius 2 is 1.85 bits per heavy atom. The van der Waals surface area contributed by atoms with Crippen LogP contribution in [0.5, 0.6) is 0 Å². The van der Waals surface area contributed by atoms with E-state index in [-0.39, 0.29) is 18.3 Å². The normalized spacial score (nSPS) is 15.6. The molecule has 0 atom stereocenters. The molecule has 0 aromatic heterocycles. The fraction of sp³-hybridized carbons (Fsp3) is 0.0588. The molecule has 2 aromatic rings. The van der Waals surface area contributed by atoms with E-state index < -0.39 is 4.92 Å². The molecule has 0 bridgehead atoms. The molecule has 0 aliphatic carbocycles. The van der Waals surface area contributed by atoms with Crippen molar-refractivity contribution in [2.45, 2.75) is 0 Å². The van der Waals surface area contributed by atoms with E-state index in [1.807, 2.05) is 24.3 Å². The molecule has 0 saturated carbocycles. The van der Waals surface area contributed by atoms with Crippen molar-refractivity contribution in [3.05, 3.63) is 73.6 Å². The Morgan fingerprint density at radius 1 is 1.19 bits per heavy atom. The molecule has 1 aliphatic heterocycles. The van der Waals surface area contributed by atoms with Crippen LogP contribution < -0.4 is 5.32 Å². The minimum absolute atomic E-state index is 0.00777. The minimum Gasteiger partial charge on any atom is -0.367 e. The molecule has 0 unspecified atom stereocenters. The highest BCUT2D eigenvalue weighted by Crippen LogP contribution is 2.32. The average Bonchev–Trinajstić information content (AvgIpc) is 2.88. The molecule has 1 amide bonds. The molecule has 0 spiro atoms. The van der Waals surface area contributed by atoms with Gasteiger partial charge >= 0.3 is 0 Å². The number of anilines is 1. The van der Waals surface area contributed by atoms with Crippen LogP contribution >= 0.6 is 39.9 Å². The van der Waals surface area contributed by atoms with E-state index in [4.69, 9.17) is 12.2 Å². The first-order chi connectivity index (χ1) is 12.4. The second kappa shape index (κ2) is 7.98. The first-order valence-corrected chi connectivity index (χ1v) is 9.45. The molecule has 26 heavy (non-hydrogen) atoms. The van der Waals surface area contributed by atoms with Crippen molar-refractivity contribution in [1.82, 2.24) is 4.90 Å². The topological polar surface area (TPSA) is 75.5 Å². The summed E-state index contributed by atoms with van der Waals surface area (Å²) in [6.45, 7) is 0.268. The Morgan fingerprint density at radius 3 is 2.46 bits per heavy atom. The number of nitro benzene ring substituents is 1. The molecule has 1 fully saturated rings. The van der Waals surface area contributed by atoms with E-state index in [0.717, 1.165) is 10.2 Å². The van der Waals surface area contributed by atoms with Gasteiger partial charge in [0, 0.05) is 22.3 Å². The zero-order valence-corrected chi connectivity index (χ0v) is 16.4. The number of amides is 1. The summed E-state index contributed by atoms with van der Waals surface area (Å²) in [6.07, 6.45) is 1.68. The van der Waals surface area contributed by atoms with Gasteiger partial charge in [-0.05, 0) is 48.0 Å². The molecular formula is C17H12BrN3O3S2. The number of halogens is 1. The van der Waals surface area contributed by atoms with Crippen molar-refractivity contribution in [2.75, 3.05) is 12.0 Å². The van der Waals surface area contributed by atoms with E-state index in [9.17, 15) is 14.9 Å². The van der Waals surface area contributed by atoms with Crippen LogP contribution in [0, 0.1) is 10.1 Å². The summed E-state index contributed by atoms with van der Waals surface area (Å²) in [7, 11) is 0. The molecule has 0 radical (unpaired) electrons. The smallest absolute Gasteiger partial charge is 0.269 e. The summed E-state index contributed by atoms with van der Waals surface area (Å²) in [5, 5.41) is 13.9. The van der Waals surface area contributed by atoms with Crippen LogP contribution in [0.4, 0.5) is 11.4 Å². The maximum absolute atomic E-state index is 12.6. The monoisotopic (exact) mass is 449 g/mol. The Balaban J connectivity index is 1.69. The lowest BCUT2D eigenvalue weighted by atomic mass is 10.2. The maximum Gasteiger partial charge on any atom is 0.269 e. The highest BCUT2D eigenvalue weighted by Gasteiger charge is 2.31. The predicted molar refractivity (Wildman–Crippen MR) is 111 cm³/mol. The van der Waals surface area contributed by atoms with E-state index in [0.29, 0.717) is 14.8 Å². The highest BCUT2D eigenvalue weighted by molar-refractivity contribution is 9.10. The second-order valence-corrected chi connectivity index (χ2v) is 7.89. The van der Waals surface area contributed by atoms with Crippen molar-refractivity contribution in [1.29, 1.82) is 0 Å². The fourth-order valence-corrected chi connectivity index (χ4v) is 3.74. The molecular weight excluding hydrogens is 438 g/mol. The van der Waals surface area contributed by atoms with Crippen molar-refractivity contribution >= 4 is 67.6 Å². The molecule has 1 saturated heterocycles.